The maximum atomic E-state index is 11.5. The number of nitrogens with one attached hydrogen (secondary N) is 2. The Morgan fingerprint density at radius 1 is 1.47 bits per heavy atom. The molecule has 2 rings (SSSR count). The second-order valence-corrected chi connectivity index (χ2v) is 3.88. The highest BCUT2D eigenvalue weighted by molar-refractivity contribution is 6.01. The molecule has 1 aliphatic heterocycles. The van der Waals surface area contributed by atoms with Gasteiger partial charge in [-0.15, -0.1) is 0 Å². The number of nitrogen functional groups attached to an aromatic ring is 1. The third kappa shape index (κ3) is 2.32. The van der Waals surface area contributed by atoms with Crippen LogP contribution in [0.15, 0.2) is 6.33 Å². The molecular formula is C10H13N5O2. The van der Waals surface area contributed by atoms with E-state index in [2.05, 4.69) is 20.6 Å². The second-order valence-electron chi connectivity index (χ2n) is 3.88. The molecule has 1 atom stereocenters. The second kappa shape index (κ2) is 4.36. The van der Waals surface area contributed by atoms with Gasteiger partial charge >= 0.3 is 0 Å². The first-order valence-electron chi connectivity index (χ1n) is 5.25. The molecule has 0 spiro atoms. The minimum absolute atomic E-state index is 0.244. The zero-order chi connectivity index (χ0) is 12.4. The van der Waals surface area contributed by atoms with Crippen LogP contribution >= 0.6 is 0 Å². The maximum Gasteiger partial charge on any atom is 0.249 e. The SMILES string of the molecule is Cc1c(N)ncnc1NC1CCC(=O)NC1=O. The Morgan fingerprint density at radius 3 is 2.94 bits per heavy atom. The molecule has 1 saturated heterocycles. The highest BCUT2D eigenvalue weighted by Crippen LogP contribution is 2.18. The molecule has 0 radical (unpaired) electrons. The lowest BCUT2D eigenvalue weighted by atomic mass is 10.1. The van der Waals surface area contributed by atoms with Crippen molar-refractivity contribution < 1.29 is 9.59 Å². The number of nitrogens with two attached hydrogens (primary N) is 1. The Balaban J connectivity index is 2.13. The fraction of sp³-hybridized carbons (Fsp3) is 0.400. The number of carbonyl (C=O) groups is 2. The van der Waals surface area contributed by atoms with Crippen LogP contribution in [0.3, 0.4) is 0 Å². The van der Waals surface area contributed by atoms with E-state index in [9.17, 15) is 9.59 Å². The Hall–Kier alpha value is -2.18. The molecule has 0 aliphatic carbocycles. The van der Waals surface area contributed by atoms with Gasteiger partial charge in [-0.25, -0.2) is 9.97 Å². The van der Waals surface area contributed by atoms with Gasteiger partial charge in [0.1, 0.15) is 24.0 Å². The Morgan fingerprint density at radius 2 is 2.24 bits per heavy atom. The molecule has 1 fully saturated rings. The van der Waals surface area contributed by atoms with E-state index in [0.717, 1.165) is 0 Å². The number of aromatic nitrogens is 2. The summed E-state index contributed by atoms with van der Waals surface area (Å²) >= 11 is 0. The smallest absolute Gasteiger partial charge is 0.249 e. The van der Waals surface area contributed by atoms with Crippen molar-refractivity contribution in [3.63, 3.8) is 0 Å². The molecule has 17 heavy (non-hydrogen) atoms. The third-order valence-electron chi connectivity index (χ3n) is 2.67. The highest BCUT2D eigenvalue weighted by atomic mass is 16.2. The summed E-state index contributed by atoms with van der Waals surface area (Å²) in [6.07, 6.45) is 2.10. The molecular weight excluding hydrogens is 222 g/mol. The van der Waals surface area contributed by atoms with Crippen molar-refractivity contribution in [2.75, 3.05) is 11.1 Å². The molecule has 0 saturated carbocycles. The first-order chi connectivity index (χ1) is 8.08. The lowest BCUT2D eigenvalue weighted by molar-refractivity contribution is -0.133. The Labute approximate surface area is 97.8 Å². The summed E-state index contributed by atoms with van der Waals surface area (Å²) in [7, 11) is 0. The number of rotatable bonds is 2. The molecule has 1 aromatic heterocycles. The number of piperidine rings is 1. The molecule has 7 nitrogen and oxygen atoms in total. The van der Waals surface area contributed by atoms with Crippen LogP contribution in [-0.2, 0) is 9.59 Å². The maximum absolute atomic E-state index is 11.5. The van der Waals surface area contributed by atoms with Gasteiger partial charge in [-0.3, -0.25) is 14.9 Å². The molecule has 1 aromatic rings. The average molecular weight is 235 g/mol. The van der Waals surface area contributed by atoms with Crippen LogP contribution in [0, 0.1) is 6.92 Å². The molecule has 90 valence electrons. The number of nitrogens with zero attached hydrogens (tertiary/aromatic N) is 2. The number of imide groups is 1. The summed E-state index contributed by atoms with van der Waals surface area (Å²) in [5, 5.41) is 5.23. The van der Waals surface area contributed by atoms with E-state index in [4.69, 9.17) is 5.73 Å². The van der Waals surface area contributed by atoms with Crippen molar-refractivity contribution >= 4 is 23.5 Å². The van der Waals surface area contributed by atoms with Gasteiger partial charge in [0.05, 0.1) is 0 Å². The van der Waals surface area contributed by atoms with Crippen molar-refractivity contribution in [2.45, 2.75) is 25.8 Å². The van der Waals surface area contributed by atoms with Crippen molar-refractivity contribution in [3.05, 3.63) is 11.9 Å². The molecule has 0 aromatic carbocycles. The van der Waals surface area contributed by atoms with Crippen molar-refractivity contribution in [1.29, 1.82) is 0 Å². The van der Waals surface area contributed by atoms with Crippen LogP contribution in [0.4, 0.5) is 11.6 Å². The average Bonchev–Trinajstić information content (AvgIpc) is 2.28. The van der Waals surface area contributed by atoms with Gasteiger partial charge in [0.2, 0.25) is 11.8 Å². The first-order valence-corrected chi connectivity index (χ1v) is 5.25. The molecule has 4 N–H and O–H groups in total. The van der Waals surface area contributed by atoms with Gasteiger partial charge in [-0.1, -0.05) is 0 Å². The number of hydrogen-bond acceptors (Lipinski definition) is 6. The van der Waals surface area contributed by atoms with Gasteiger partial charge < -0.3 is 11.1 Å². The predicted molar refractivity (Wildman–Crippen MR) is 61.0 cm³/mol. The highest BCUT2D eigenvalue weighted by Gasteiger charge is 2.27. The monoisotopic (exact) mass is 235 g/mol. The van der Waals surface area contributed by atoms with E-state index >= 15 is 0 Å². The fourth-order valence-electron chi connectivity index (χ4n) is 1.61. The number of anilines is 2. The number of hydrogen-bond donors (Lipinski definition) is 3. The largest absolute Gasteiger partial charge is 0.383 e. The zero-order valence-electron chi connectivity index (χ0n) is 9.36. The first kappa shape index (κ1) is 11.3. The zero-order valence-corrected chi connectivity index (χ0v) is 9.36. The molecule has 7 heteroatoms. The van der Waals surface area contributed by atoms with E-state index in [1.54, 1.807) is 6.92 Å². The summed E-state index contributed by atoms with van der Waals surface area (Å²) < 4.78 is 0. The van der Waals surface area contributed by atoms with Crippen molar-refractivity contribution in [1.82, 2.24) is 15.3 Å². The van der Waals surface area contributed by atoms with E-state index < -0.39 is 6.04 Å². The number of amides is 2. The lowest BCUT2D eigenvalue weighted by Gasteiger charge is -2.22. The van der Waals surface area contributed by atoms with Gasteiger partial charge in [0.25, 0.3) is 0 Å². The standard InChI is InChI=1S/C10H13N5O2/c1-5-8(11)12-4-13-9(5)14-6-2-3-7(16)15-10(6)17/h4,6H,2-3H2,1H3,(H,15,16,17)(H3,11,12,13,14). The van der Waals surface area contributed by atoms with Crippen LogP contribution in [0.1, 0.15) is 18.4 Å². The number of carbonyl (C=O) groups excluding carboxylic acids is 2. The minimum atomic E-state index is -0.458. The lowest BCUT2D eigenvalue weighted by Crippen LogP contribution is -2.47. The predicted octanol–water partition coefficient (Wildman–Crippen LogP) is -0.416. The Kier molecular flexibility index (Phi) is 2.90. The van der Waals surface area contributed by atoms with Gasteiger partial charge in [-0.2, -0.15) is 0 Å². The van der Waals surface area contributed by atoms with E-state index in [1.807, 2.05) is 0 Å². The van der Waals surface area contributed by atoms with Crippen LogP contribution < -0.4 is 16.4 Å². The van der Waals surface area contributed by atoms with Crippen LogP contribution in [0.2, 0.25) is 0 Å². The molecule has 0 bridgehead atoms. The van der Waals surface area contributed by atoms with Gasteiger partial charge in [-0.05, 0) is 13.3 Å². The van der Waals surface area contributed by atoms with Gasteiger partial charge in [0.15, 0.2) is 0 Å². The minimum Gasteiger partial charge on any atom is -0.383 e. The van der Waals surface area contributed by atoms with Crippen molar-refractivity contribution in [3.8, 4) is 0 Å². The summed E-state index contributed by atoms with van der Waals surface area (Å²) in [6, 6.07) is -0.458. The van der Waals surface area contributed by atoms with E-state index in [-0.39, 0.29) is 11.8 Å². The van der Waals surface area contributed by atoms with Crippen LogP contribution in [0.5, 0.6) is 0 Å². The summed E-state index contributed by atoms with van der Waals surface area (Å²) in [6.45, 7) is 1.77. The molecule has 1 aliphatic rings. The fourth-order valence-corrected chi connectivity index (χ4v) is 1.61. The molecule has 2 amide bonds. The summed E-state index contributed by atoms with van der Waals surface area (Å²) in [4.78, 5) is 30.4. The van der Waals surface area contributed by atoms with Crippen LogP contribution in [0.25, 0.3) is 0 Å². The third-order valence-corrected chi connectivity index (χ3v) is 2.67. The molecule has 1 unspecified atom stereocenters. The normalized spacial score (nSPS) is 19.9. The van der Waals surface area contributed by atoms with E-state index in [0.29, 0.717) is 30.0 Å². The quantitative estimate of drug-likeness (QED) is 0.601. The van der Waals surface area contributed by atoms with E-state index in [1.165, 1.54) is 6.33 Å². The van der Waals surface area contributed by atoms with Crippen molar-refractivity contribution in [2.24, 2.45) is 0 Å². The summed E-state index contributed by atoms with van der Waals surface area (Å²) in [5.41, 5.74) is 6.33. The molecule has 2 heterocycles. The van der Waals surface area contributed by atoms with Crippen LogP contribution in [-0.4, -0.2) is 27.8 Å². The Bertz CT molecular complexity index is 474. The van der Waals surface area contributed by atoms with Gasteiger partial charge in [0, 0.05) is 12.0 Å². The summed E-state index contributed by atoms with van der Waals surface area (Å²) in [5.74, 6) is 0.312. The topological polar surface area (TPSA) is 110 Å².